The number of sulfonamides is 1. The monoisotopic (exact) mass is 637 g/mol. The first-order valence-electron chi connectivity index (χ1n) is 13.8. The highest BCUT2D eigenvalue weighted by molar-refractivity contribution is 7.92. The number of hydrogen-bond donors (Lipinski definition) is 1. The van der Waals surface area contributed by atoms with E-state index in [4.69, 9.17) is 11.6 Å². The molecule has 1 atom stereocenters. The number of alkyl halides is 3. The van der Waals surface area contributed by atoms with Crippen molar-refractivity contribution in [3.63, 3.8) is 0 Å². The molecule has 1 N–H and O–H groups in total. The van der Waals surface area contributed by atoms with Crippen LogP contribution in [0, 0.1) is 13.8 Å². The molecule has 0 bridgehead atoms. The summed E-state index contributed by atoms with van der Waals surface area (Å²) in [6.45, 7) is 6.70. The lowest BCUT2D eigenvalue weighted by molar-refractivity contribution is -0.140. The van der Waals surface area contributed by atoms with Crippen molar-refractivity contribution in [3.05, 3.63) is 94.0 Å². The second-order valence-electron chi connectivity index (χ2n) is 10.1. The summed E-state index contributed by atoms with van der Waals surface area (Å²) < 4.78 is 69.9. The molecule has 0 aliphatic heterocycles. The lowest BCUT2D eigenvalue weighted by Crippen LogP contribution is -2.52. The van der Waals surface area contributed by atoms with Gasteiger partial charge < -0.3 is 10.2 Å². The van der Waals surface area contributed by atoms with Gasteiger partial charge in [-0.3, -0.25) is 13.9 Å². The minimum atomic E-state index is -4.88. The fourth-order valence-corrected chi connectivity index (χ4v) is 6.14. The van der Waals surface area contributed by atoms with Crippen molar-refractivity contribution in [2.45, 2.75) is 64.2 Å². The third kappa shape index (κ3) is 8.29. The first-order chi connectivity index (χ1) is 20.2. The van der Waals surface area contributed by atoms with Crippen LogP contribution in [0.3, 0.4) is 0 Å². The average Bonchev–Trinajstić information content (AvgIpc) is 2.95. The van der Waals surface area contributed by atoms with Gasteiger partial charge in [0.15, 0.2) is 0 Å². The van der Waals surface area contributed by atoms with Crippen LogP contribution in [0.25, 0.3) is 0 Å². The summed E-state index contributed by atoms with van der Waals surface area (Å²) in [6.07, 6.45) is -4.00. The molecule has 3 aromatic rings. The molecule has 232 valence electrons. The molecule has 12 heteroatoms. The van der Waals surface area contributed by atoms with E-state index in [0.717, 1.165) is 28.8 Å². The normalized spacial score (nSPS) is 12.5. The Morgan fingerprint density at radius 2 is 1.63 bits per heavy atom. The number of aryl methyl sites for hydroxylation is 2. The van der Waals surface area contributed by atoms with Crippen molar-refractivity contribution < 1.29 is 31.2 Å². The molecule has 0 unspecified atom stereocenters. The van der Waals surface area contributed by atoms with E-state index in [1.165, 1.54) is 17.0 Å². The average molecular weight is 638 g/mol. The number of nitrogens with zero attached hydrogens (tertiary/aromatic N) is 2. The third-order valence-corrected chi connectivity index (χ3v) is 9.09. The van der Waals surface area contributed by atoms with Gasteiger partial charge in [0.05, 0.1) is 21.2 Å². The van der Waals surface area contributed by atoms with Crippen LogP contribution in [-0.2, 0) is 32.3 Å². The Morgan fingerprint density at radius 3 is 2.21 bits per heavy atom. The SMILES string of the molecule is CCCNC(=O)[C@@H](CC)N(Cc1ccccc1C)C(=O)CN(c1ccc(Cl)c(C(F)(F)F)c1)S(=O)(=O)c1ccc(C)cc1. The Kier molecular flexibility index (Phi) is 11.3. The first-order valence-corrected chi connectivity index (χ1v) is 15.6. The van der Waals surface area contributed by atoms with Gasteiger partial charge in [0.1, 0.15) is 12.6 Å². The van der Waals surface area contributed by atoms with E-state index >= 15 is 0 Å². The number of anilines is 1. The Labute approximate surface area is 255 Å². The second kappa shape index (κ2) is 14.3. The Morgan fingerprint density at radius 1 is 0.977 bits per heavy atom. The van der Waals surface area contributed by atoms with Gasteiger partial charge in [-0.15, -0.1) is 0 Å². The topological polar surface area (TPSA) is 86.8 Å². The molecule has 2 amide bonds. The van der Waals surface area contributed by atoms with Gasteiger partial charge in [-0.2, -0.15) is 13.2 Å². The molecule has 7 nitrogen and oxygen atoms in total. The summed E-state index contributed by atoms with van der Waals surface area (Å²) in [5, 5.41) is 2.18. The van der Waals surface area contributed by atoms with Crippen LogP contribution < -0.4 is 9.62 Å². The van der Waals surface area contributed by atoms with E-state index in [1.807, 2.05) is 26.0 Å². The van der Waals surface area contributed by atoms with Crippen molar-refractivity contribution >= 4 is 39.1 Å². The van der Waals surface area contributed by atoms with Crippen LogP contribution in [0.1, 0.15) is 48.9 Å². The number of amides is 2. The fraction of sp³-hybridized carbons (Fsp3) is 0.355. The van der Waals surface area contributed by atoms with Crippen LogP contribution in [0.4, 0.5) is 18.9 Å². The van der Waals surface area contributed by atoms with E-state index in [2.05, 4.69) is 5.32 Å². The summed E-state index contributed by atoms with van der Waals surface area (Å²) in [4.78, 5) is 28.3. The molecule has 0 aliphatic carbocycles. The van der Waals surface area contributed by atoms with Crippen molar-refractivity contribution in [1.29, 1.82) is 0 Å². The molecule has 43 heavy (non-hydrogen) atoms. The van der Waals surface area contributed by atoms with E-state index in [0.29, 0.717) is 23.3 Å². The largest absolute Gasteiger partial charge is 0.417 e. The van der Waals surface area contributed by atoms with Crippen LogP contribution in [0.15, 0.2) is 71.6 Å². The van der Waals surface area contributed by atoms with Crippen LogP contribution in [-0.4, -0.2) is 44.3 Å². The van der Waals surface area contributed by atoms with Gasteiger partial charge in [-0.1, -0.05) is 67.4 Å². The number of nitrogens with one attached hydrogen (secondary N) is 1. The summed E-state index contributed by atoms with van der Waals surface area (Å²) in [5.74, 6) is -1.17. The molecule has 0 fully saturated rings. The van der Waals surface area contributed by atoms with E-state index < -0.39 is 56.9 Å². The highest BCUT2D eigenvalue weighted by Gasteiger charge is 2.37. The number of benzene rings is 3. The highest BCUT2D eigenvalue weighted by Crippen LogP contribution is 2.38. The number of hydrogen-bond acceptors (Lipinski definition) is 4. The lowest BCUT2D eigenvalue weighted by Gasteiger charge is -2.33. The fourth-order valence-electron chi connectivity index (χ4n) is 4.51. The van der Waals surface area contributed by atoms with E-state index in [1.54, 1.807) is 38.1 Å². The summed E-state index contributed by atoms with van der Waals surface area (Å²) >= 11 is 5.82. The molecular weight excluding hydrogens is 603 g/mol. The predicted molar refractivity (Wildman–Crippen MR) is 161 cm³/mol. The molecular formula is C31H35ClF3N3O4S. The smallest absolute Gasteiger partial charge is 0.354 e. The first kappa shape index (κ1) is 33.9. The van der Waals surface area contributed by atoms with Crippen LogP contribution in [0.2, 0.25) is 5.02 Å². The summed E-state index contributed by atoms with van der Waals surface area (Å²) in [5.41, 5.74) is 0.702. The maximum atomic E-state index is 14.1. The molecule has 0 aliphatic rings. The molecule has 0 spiro atoms. The second-order valence-corrected chi connectivity index (χ2v) is 12.4. The summed E-state index contributed by atoms with van der Waals surface area (Å²) in [6, 6.07) is 14.7. The van der Waals surface area contributed by atoms with Gasteiger partial charge in [0.25, 0.3) is 10.0 Å². The van der Waals surface area contributed by atoms with E-state index in [9.17, 15) is 31.2 Å². The van der Waals surface area contributed by atoms with Crippen molar-refractivity contribution in [2.24, 2.45) is 0 Å². The third-order valence-electron chi connectivity index (χ3n) is 6.97. The Hall–Kier alpha value is -3.57. The van der Waals surface area contributed by atoms with Crippen molar-refractivity contribution in [3.8, 4) is 0 Å². The van der Waals surface area contributed by atoms with Crippen LogP contribution >= 0.6 is 11.6 Å². The molecule has 3 rings (SSSR count). The minimum Gasteiger partial charge on any atom is -0.354 e. The molecule has 0 aromatic heterocycles. The van der Waals surface area contributed by atoms with Gasteiger partial charge in [0.2, 0.25) is 11.8 Å². The molecule has 0 heterocycles. The highest BCUT2D eigenvalue weighted by atomic mass is 35.5. The number of carbonyl (C=O) groups is 2. The predicted octanol–water partition coefficient (Wildman–Crippen LogP) is 6.50. The molecule has 0 saturated carbocycles. The minimum absolute atomic E-state index is 0.0175. The van der Waals surface area contributed by atoms with Crippen molar-refractivity contribution in [2.75, 3.05) is 17.4 Å². The molecule has 0 saturated heterocycles. The van der Waals surface area contributed by atoms with Gasteiger partial charge in [-0.25, -0.2) is 8.42 Å². The maximum absolute atomic E-state index is 14.1. The maximum Gasteiger partial charge on any atom is 0.417 e. The Bertz CT molecular complexity index is 1550. The lowest BCUT2D eigenvalue weighted by atomic mass is 10.1. The Balaban J connectivity index is 2.15. The zero-order valence-electron chi connectivity index (χ0n) is 24.4. The number of carbonyl (C=O) groups excluding carboxylic acids is 2. The quantitative estimate of drug-likeness (QED) is 0.246. The van der Waals surface area contributed by atoms with E-state index in [-0.39, 0.29) is 17.9 Å². The molecule has 0 radical (unpaired) electrons. The van der Waals surface area contributed by atoms with Crippen LogP contribution in [0.5, 0.6) is 0 Å². The van der Waals surface area contributed by atoms with Gasteiger partial charge in [0, 0.05) is 13.1 Å². The van der Waals surface area contributed by atoms with Crippen molar-refractivity contribution in [1.82, 2.24) is 10.2 Å². The van der Waals surface area contributed by atoms with Gasteiger partial charge >= 0.3 is 6.18 Å². The standard InChI is InChI=1S/C31H35ClF3N3O4S/c1-5-17-36-30(40)28(6-2)37(19-23-10-8-7-9-22(23)4)29(39)20-38(43(41,42)25-14-11-21(3)12-15-25)24-13-16-27(32)26(18-24)31(33,34)35/h7-16,18,28H,5-6,17,19-20H2,1-4H3,(H,36,40)/t28-/m1/s1. The zero-order valence-corrected chi connectivity index (χ0v) is 26.0. The zero-order chi connectivity index (χ0) is 31.9. The molecule has 3 aromatic carbocycles. The number of halogens is 4. The summed E-state index contributed by atoms with van der Waals surface area (Å²) in [7, 11) is -4.55. The van der Waals surface area contributed by atoms with Gasteiger partial charge in [-0.05, 0) is 68.1 Å². The number of rotatable bonds is 12.